The van der Waals surface area contributed by atoms with Gasteiger partial charge in [-0.2, -0.15) is 0 Å². The van der Waals surface area contributed by atoms with Crippen molar-refractivity contribution in [3.8, 4) is 0 Å². The monoisotopic (exact) mass is 323 g/mol. The van der Waals surface area contributed by atoms with Crippen LogP contribution in [0, 0.1) is 11.2 Å². The van der Waals surface area contributed by atoms with Crippen LogP contribution >= 0.6 is 12.4 Å². The van der Waals surface area contributed by atoms with Gasteiger partial charge in [0.2, 0.25) is 0 Å². The fraction of sp³-hybridized carbons (Fsp3) is 0.471. The Hall–Kier alpha value is -1.23. The summed E-state index contributed by atoms with van der Waals surface area (Å²) in [5.41, 5.74) is 8.15. The summed E-state index contributed by atoms with van der Waals surface area (Å²) in [5.74, 6) is -0.206. The molecule has 1 aliphatic heterocycles. The Bertz CT molecular complexity index is 659. The molecule has 0 saturated carbocycles. The Kier molecular flexibility index (Phi) is 5.05. The van der Waals surface area contributed by atoms with Crippen LogP contribution in [0.4, 0.5) is 4.39 Å². The summed E-state index contributed by atoms with van der Waals surface area (Å²) in [4.78, 5) is 6.76. The van der Waals surface area contributed by atoms with Gasteiger partial charge in [-0.15, -0.1) is 12.4 Å². The Labute approximate surface area is 137 Å². The number of fused-ring (bicyclic) bond motifs is 1. The lowest BCUT2D eigenvalue weighted by molar-refractivity contribution is 0.0901. The van der Waals surface area contributed by atoms with Crippen LogP contribution in [0.15, 0.2) is 30.5 Å². The Morgan fingerprint density at radius 2 is 2.14 bits per heavy atom. The lowest BCUT2D eigenvalue weighted by Gasteiger charge is -2.42. The van der Waals surface area contributed by atoms with Crippen LogP contribution in [0.3, 0.4) is 0 Å². The van der Waals surface area contributed by atoms with Crippen LogP contribution in [-0.2, 0) is 6.54 Å². The molecule has 0 radical (unpaired) electrons. The van der Waals surface area contributed by atoms with Gasteiger partial charge in [0.25, 0.3) is 0 Å². The van der Waals surface area contributed by atoms with E-state index in [1.165, 1.54) is 0 Å². The summed E-state index contributed by atoms with van der Waals surface area (Å²) in [7, 11) is 0. The Balaban J connectivity index is 0.00000176. The highest BCUT2D eigenvalue weighted by Crippen LogP contribution is 2.29. The van der Waals surface area contributed by atoms with Crippen molar-refractivity contribution in [3.63, 3.8) is 0 Å². The summed E-state index contributed by atoms with van der Waals surface area (Å²) >= 11 is 0. The quantitative estimate of drug-likeness (QED) is 0.921. The number of piperidine rings is 1. The van der Waals surface area contributed by atoms with Gasteiger partial charge in [0.05, 0.1) is 5.52 Å². The Morgan fingerprint density at radius 1 is 1.36 bits per heavy atom. The van der Waals surface area contributed by atoms with E-state index in [0.29, 0.717) is 5.39 Å². The second-order valence-corrected chi connectivity index (χ2v) is 6.70. The molecule has 3 rings (SSSR count). The molecule has 1 aliphatic rings. The normalized spacial score (nSPS) is 21.5. The van der Waals surface area contributed by atoms with Crippen LogP contribution in [0.1, 0.15) is 25.8 Å². The van der Waals surface area contributed by atoms with E-state index in [0.717, 1.165) is 37.1 Å². The first-order valence-corrected chi connectivity index (χ1v) is 7.47. The molecule has 1 aromatic carbocycles. The molecular formula is C17H23ClFN3. The SMILES string of the molecule is CC1(C)CN(Cc2ccc(F)c3cccnc23)CCC1N.Cl. The first kappa shape index (κ1) is 17.1. The second kappa shape index (κ2) is 6.49. The van der Waals surface area contributed by atoms with Crippen LogP contribution in [0.5, 0.6) is 0 Å². The van der Waals surface area contributed by atoms with Crippen LogP contribution < -0.4 is 5.73 Å². The van der Waals surface area contributed by atoms with Crippen molar-refractivity contribution < 1.29 is 4.39 Å². The maximum atomic E-state index is 13.8. The van der Waals surface area contributed by atoms with E-state index in [9.17, 15) is 4.39 Å². The number of aromatic nitrogens is 1. The predicted molar refractivity (Wildman–Crippen MR) is 90.6 cm³/mol. The maximum absolute atomic E-state index is 13.8. The van der Waals surface area contributed by atoms with E-state index in [2.05, 4.69) is 23.7 Å². The van der Waals surface area contributed by atoms with Crippen molar-refractivity contribution in [2.45, 2.75) is 32.9 Å². The molecule has 2 aromatic rings. The van der Waals surface area contributed by atoms with Crippen molar-refractivity contribution in [3.05, 3.63) is 41.8 Å². The fourth-order valence-electron chi connectivity index (χ4n) is 3.18. The molecule has 0 bridgehead atoms. The number of hydrogen-bond donors (Lipinski definition) is 1. The molecular weight excluding hydrogens is 301 g/mol. The summed E-state index contributed by atoms with van der Waals surface area (Å²) in [6, 6.07) is 7.21. The number of pyridine rings is 1. The number of nitrogens with zero attached hydrogens (tertiary/aromatic N) is 2. The van der Waals surface area contributed by atoms with Gasteiger partial charge in [0.15, 0.2) is 0 Å². The zero-order chi connectivity index (χ0) is 15.0. The van der Waals surface area contributed by atoms with E-state index in [4.69, 9.17) is 5.73 Å². The third-order valence-electron chi connectivity index (χ3n) is 4.59. The van der Waals surface area contributed by atoms with Gasteiger partial charge in [-0.1, -0.05) is 19.9 Å². The third kappa shape index (κ3) is 3.24. The van der Waals surface area contributed by atoms with Gasteiger partial charge < -0.3 is 5.73 Å². The zero-order valence-corrected chi connectivity index (χ0v) is 13.9. The van der Waals surface area contributed by atoms with Crippen molar-refractivity contribution in [1.29, 1.82) is 0 Å². The van der Waals surface area contributed by atoms with Crippen molar-refractivity contribution in [2.24, 2.45) is 11.1 Å². The molecule has 1 atom stereocenters. The number of hydrogen-bond acceptors (Lipinski definition) is 3. The minimum absolute atomic E-state index is 0. The van der Waals surface area contributed by atoms with Gasteiger partial charge in [0.1, 0.15) is 5.82 Å². The largest absolute Gasteiger partial charge is 0.327 e. The van der Waals surface area contributed by atoms with E-state index >= 15 is 0 Å². The van der Waals surface area contributed by atoms with Crippen molar-refractivity contribution >= 4 is 23.3 Å². The van der Waals surface area contributed by atoms with Crippen molar-refractivity contribution in [2.75, 3.05) is 13.1 Å². The van der Waals surface area contributed by atoms with Gasteiger partial charge in [-0.25, -0.2) is 4.39 Å². The third-order valence-corrected chi connectivity index (χ3v) is 4.59. The molecule has 1 unspecified atom stereocenters. The van der Waals surface area contributed by atoms with Crippen molar-refractivity contribution in [1.82, 2.24) is 9.88 Å². The highest BCUT2D eigenvalue weighted by molar-refractivity contribution is 5.85. The van der Waals surface area contributed by atoms with Gasteiger partial charge >= 0.3 is 0 Å². The second-order valence-electron chi connectivity index (χ2n) is 6.70. The minimum Gasteiger partial charge on any atom is -0.327 e. The molecule has 2 N–H and O–H groups in total. The molecule has 1 saturated heterocycles. The zero-order valence-electron chi connectivity index (χ0n) is 13.1. The number of likely N-dealkylation sites (tertiary alicyclic amines) is 1. The van der Waals surface area contributed by atoms with E-state index < -0.39 is 0 Å². The smallest absolute Gasteiger partial charge is 0.132 e. The standard InChI is InChI=1S/C17H22FN3.ClH/c1-17(2)11-21(9-7-15(17)19)10-12-5-6-14(18)13-4-3-8-20-16(12)13;/h3-6,8,15H,7,9-11,19H2,1-2H3;1H. The highest BCUT2D eigenvalue weighted by atomic mass is 35.5. The average molecular weight is 324 g/mol. The summed E-state index contributed by atoms with van der Waals surface area (Å²) in [5, 5.41) is 0.600. The lowest BCUT2D eigenvalue weighted by Crippen LogP contribution is -2.52. The first-order valence-electron chi connectivity index (χ1n) is 7.47. The predicted octanol–water partition coefficient (Wildman–Crippen LogP) is 3.35. The molecule has 120 valence electrons. The van der Waals surface area contributed by atoms with Gasteiger partial charge in [0, 0.05) is 37.3 Å². The fourth-order valence-corrected chi connectivity index (χ4v) is 3.18. The van der Waals surface area contributed by atoms with Gasteiger partial charge in [-0.05, 0) is 35.6 Å². The molecule has 1 fully saturated rings. The molecule has 0 aliphatic carbocycles. The van der Waals surface area contributed by atoms with Gasteiger partial charge in [-0.3, -0.25) is 9.88 Å². The lowest BCUT2D eigenvalue weighted by atomic mass is 9.79. The van der Waals surface area contributed by atoms with Crippen LogP contribution in [0.25, 0.3) is 10.9 Å². The van der Waals surface area contributed by atoms with Crippen LogP contribution in [0.2, 0.25) is 0 Å². The average Bonchev–Trinajstić information content (AvgIpc) is 2.46. The first-order chi connectivity index (χ1) is 9.97. The van der Waals surface area contributed by atoms with E-state index in [1.54, 1.807) is 24.4 Å². The number of nitrogens with two attached hydrogens (primary N) is 1. The topological polar surface area (TPSA) is 42.2 Å². The Morgan fingerprint density at radius 3 is 2.86 bits per heavy atom. The molecule has 22 heavy (non-hydrogen) atoms. The van der Waals surface area contributed by atoms with Crippen LogP contribution in [-0.4, -0.2) is 29.0 Å². The molecule has 0 spiro atoms. The molecule has 1 aromatic heterocycles. The maximum Gasteiger partial charge on any atom is 0.132 e. The summed E-state index contributed by atoms with van der Waals surface area (Å²) < 4.78 is 13.8. The molecule has 3 nitrogen and oxygen atoms in total. The molecule has 5 heteroatoms. The number of halogens is 2. The minimum atomic E-state index is -0.206. The number of benzene rings is 1. The highest BCUT2D eigenvalue weighted by Gasteiger charge is 2.33. The van der Waals surface area contributed by atoms with E-state index in [1.807, 2.05) is 6.07 Å². The molecule has 2 heterocycles. The molecule has 0 amide bonds. The number of rotatable bonds is 2. The summed E-state index contributed by atoms with van der Waals surface area (Å²) in [6.45, 7) is 7.16. The van der Waals surface area contributed by atoms with E-state index in [-0.39, 0.29) is 29.7 Å². The summed E-state index contributed by atoms with van der Waals surface area (Å²) in [6.07, 6.45) is 2.72.